The number of hydrogen-bond acceptors (Lipinski definition) is 7. The summed E-state index contributed by atoms with van der Waals surface area (Å²) in [5, 5.41) is 11.3. The van der Waals surface area contributed by atoms with Gasteiger partial charge in [-0.05, 0) is 50.5 Å². The van der Waals surface area contributed by atoms with Crippen LogP contribution in [0.2, 0.25) is 10.0 Å². The van der Waals surface area contributed by atoms with Gasteiger partial charge in [0.15, 0.2) is 0 Å². The normalized spacial score (nSPS) is 15.5. The number of nitrogens with zero attached hydrogens (tertiary/aromatic N) is 3. The van der Waals surface area contributed by atoms with Crippen molar-refractivity contribution in [2.24, 2.45) is 5.73 Å². The fraction of sp³-hybridized carbons (Fsp3) is 0.267. The van der Waals surface area contributed by atoms with Crippen LogP contribution in [0.5, 0.6) is 5.75 Å². The summed E-state index contributed by atoms with van der Waals surface area (Å²) < 4.78 is 35.0. The SMILES string of the molecule is Cc1nc(C)c2cccc(OCc3c(Cl)ccc(S(=O)(=O)N4CCC[C@H]4C(=O)NCc4ccc(C(=N)N)cc4)c3Cl)c2n1. The maximum Gasteiger partial charge on any atom is 0.245 e. The number of nitrogens with one attached hydrogen (secondary N) is 2. The van der Waals surface area contributed by atoms with E-state index in [1.807, 2.05) is 19.1 Å². The number of amidine groups is 1. The molecule has 2 heterocycles. The predicted molar refractivity (Wildman–Crippen MR) is 166 cm³/mol. The average Bonchev–Trinajstić information content (AvgIpc) is 3.47. The number of nitrogen functional groups attached to an aromatic ring is 1. The lowest BCUT2D eigenvalue weighted by Crippen LogP contribution is -2.45. The van der Waals surface area contributed by atoms with Crippen molar-refractivity contribution < 1.29 is 17.9 Å². The van der Waals surface area contributed by atoms with E-state index in [4.69, 9.17) is 39.1 Å². The molecular weight excluding hydrogens is 611 g/mol. The molecule has 0 unspecified atom stereocenters. The number of fused-ring (bicyclic) bond motifs is 1. The van der Waals surface area contributed by atoms with Crippen molar-refractivity contribution >= 4 is 55.9 Å². The smallest absolute Gasteiger partial charge is 0.245 e. The zero-order chi connectivity index (χ0) is 30.9. The molecule has 13 heteroatoms. The van der Waals surface area contributed by atoms with Gasteiger partial charge in [0.1, 0.15) is 40.5 Å². The van der Waals surface area contributed by atoms with Crippen LogP contribution >= 0.6 is 23.2 Å². The zero-order valence-electron chi connectivity index (χ0n) is 23.5. The molecule has 224 valence electrons. The van der Waals surface area contributed by atoms with Gasteiger partial charge in [0.25, 0.3) is 0 Å². The lowest BCUT2D eigenvalue weighted by Gasteiger charge is -2.24. The number of halogens is 2. The second-order valence-electron chi connectivity index (χ2n) is 10.2. The number of ether oxygens (including phenoxy) is 1. The second-order valence-corrected chi connectivity index (χ2v) is 12.9. The molecule has 10 nitrogen and oxygen atoms in total. The fourth-order valence-corrected chi connectivity index (χ4v) is 7.64. The van der Waals surface area contributed by atoms with Crippen LogP contribution in [0.25, 0.3) is 10.9 Å². The first-order chi connectivity index (χ1) is 20.5. The van der Waals surface area contributed by atoms with Crippen LogP contribution in [0.4, 0.5) is 0 Å². The van der Waals surface area contributed by atoms with Gasteiger partial charge in [-0.25, -0.2) is 18.4 Å². The van der Waals surface area contributed by atoms with Crippen LogP contribution in [0.15, 0.2) is 59.5 Å². The summed E-state index contributed by atoms with van der Waals surface area (Å²) in [7, 11) is -4.16. The molecule has 1 saturated heterocycles. The Morgan fingerprint density at radius 1 is 1.12 bits per heavy atom. The van der Waals surface area contributed by atoms with E-state index < -0.39 is 22.0 Å². The number of rotatable bonds is 9. The van der Waals surface area contributed by atoms with Crippen LogP contribution in [-0.2, 0) is 28.0 Å². The summed E-state index contributed by atoms with van der Waals surface area (Å²) in [4.78, 5) is 21.9. The highest BCUT2D eigenvalue weighted by Crippen LogP contribution is 2.36. The van der Waals surface area contributed by atoms with Gasteiger partial charge < -0.3 is 15.8 Å². The largest absolute Gasteiger partial charge is 0.487 e. The Kier molecular flexibility index (Phi) is 8.89. The minimum absolute atomic E-state index is 0.0498. The van der Waals surface area contributed by atoms with Crippen molar-refractivity contribution in [1.29, 1.82) is 5.41 Å². The van der Waals surface area contributed by atoms with Gasteiger partial charge >= 0.3 is 0 Å². The number of carbonyl (C=O) groups excluding carboxylic acids is 1. The Balaban J connectivity index is 1.35. The van der Waals surface area contributed by atoms with E-state index in [1.165, 1.54) is 16.4 Å². The van der Waals surface area contributed by atoms with Crippen molar-refractivity contribution in [1.82, 2.24) is 19.6 Å². The number of benzene rings is 3. The standard InChI is InChI=1S/C30H30Cl2N6O4S/c1-17-21-5-3-7-25(28(21)37-18(2)36-17)42-16-22-23(31)12-13-26(27(22)32)43(40,41)38-14-4-6-24(38)30(39)35-15-19-8-10-20(11-9-19)29(33)34/h3,5,7-13,24H,4,6,14-16H2,1-2H3,(H3,33,34)(H,35,39)/t24-/m0/s1. The van der Waals surface area contributed by atoms with Gasteiger partial charge in [-0.1, -0.05) is 59.6 Å². The lowest BCUT2D eigenvalue weighted by atomic mass is 10.1. The molecule has 4 N–H and O–H groups in total. The van der Waals surface area contributed by atoms with Gasteiger partial charge in [0.05, 0.1) is 5.02 Å². The number of carbonyl (C=O) groups is 1. The van der Waals surface area contributed by atoms with Crippen LogP contribution in [-0.4, -0.2) is 47.0 Å². The topological polar surface area (TPSA) is 151 Å². The van der Waals surface area contributed by atoms with Gasteiger partial charge in [0.2, 0.25) is 15.9 Å². The monoisotopic (exact) mass is 640 g/mol. The fourth-order valence-electron chi connectivity index (χ4n) is 5.12. The van der Waals surface area contributed by atoms with Gasteiger partial charge in [-0.3, -0.25) is 10.2 Å². The highest BCUT2D eigenvalue weighted by Gasteiger charge is 2.40. The first kappa shape index (κ1) is 30.7. The average molecular weight is 642 g/mol. The molecule has 0 aliphatic carbocycles. The molecule has 0 saturated carbocycles. The number of amides is 1. The van der Waals surface area contributed by atoms with Crippen molar-refractivity contribution in [2.45, 2.75) is 50.8 Å². The molecule has 1 amide bonds. The third-order valence-corrected chi connectivity index (χ3v) is 10.2. The third kappa shape index (κ3) is 6.30. The number of sulfonamides is 1. The number of aryl methyl sites for hydroxylation is 2. The van der Waals surface area contributed by atoms with E-state index in [0.717, 1.165) is 16.6 Å². The maximum absolute atomic E-state index is 13.9. The Labute approximate surface area is 259 Å². The van der Waals surface area contributed by atoms with Crippen molar-refractivity contribution in [2.75, 3.05) is 6.54 Å². The van der Waals surface area contributed by atoms with E-state index in [1.54, 1.807) is 37.3 Å². The Bertz CT molecular complexity index is 1830. The third-order valence-electron chi connectivity index (χ3n) is 7.34. The van der Waals surface area contributed by atoms with Crippen LogP contribution in [0, 0.1) is 19.3 Å². The highest BCUT2D eigenvalue weighted by molar-refractivity contribution is 7.89. The first-order valence-electron chi connectivity index (χ1n) is 13.5. The number of hydrogen-bond donors (Lipinski definition) is 3. The van der Waals surface area contributed by atoms with E-state index in [9.17, 15) is 13.2 Å². The summed E-state index contributed by atoms with van der Waals surface area (Å²) in [6.45, 7) is 3.95. The summed E-state index contributed by atoms with van der Waals surface area (Å²) >= 11 is 13.2. The molecule has 3 aromatic carbocycles. The van der Waals surface area contributed by atoms with Crippen LogP contribution < -0.4 is 15.8 Å². The number of aromatic nitrogens is 2. The minimum Gasteiger partial charge on any atom is -0.487 e. The second kappa shape index (κ2) is 12.5. The maximum atomic E-state index is 13.9. The summed E-state index contributed by atoms with van der Waals surface area (Å²) in [6, 6.07) is 14.3. The van der Waals surface area contributed by atoms with Gasteiger partial charge in [0, 0.05) is 40.3 Å². The Morgan fingerprint density at radius 2 is 1.86 bits per heavy atom. The van der Waals surface area contributed by atoms with Gasteiger partial charge in [-0.15, -0.1) is 0 Å². The summed E-state index contributed by atoms with van der Waals surface area (Å²) in [5.41, 5.74) is 8.61. The molecule has 0 radical (unpaired) electrons. The highest BCUT2D eigenvalue weighted by atomic mass is 35.5. The minimum atomic E-state index is -4.16. The Hall–Kier alpha value is -3.77. The lowest BCUT2D eigenvalue weighted by molar-refractivity contribution is -0.124. The van der Waals surface area contributed by atoms with E-state index >= 15 is 0 Å². The molecule has 1 aromatic heterocycles. The van der Waals surface area contributed by atoms with Crippen molar-refractivity contribution in [3.63, 3.8) is 0 Å². The molecule has 43 heavy (non-hydrogen) atoms. The Morgan fingerprint density at radius 3 is 2.58 bits per heavy atom. The van der Waals surface area contributed by atoms with E-state index in [2.05, 4.69) is 15.3 Å². The molecule has 0 bridgehead atoms. The van der Waals surface area contributed by atoms with Gasteiger partial charge in [-0.2, -0.15) is 4.31 Å². The van der Waals surface area contributed by atoms with E-state index in [0.29, 0.717) is 41.1 Å². The molecule has 0 spiro atoms. The molecule has 1 fully saturated rings. The molecule has 1 aliphatic heterocycles. The van der Waals surface area contributed by atoms with Crippen LogP contribution in [0.3, 0.4) is 0 Å². The van der Waals surface area contributed by atoms with Crippen molar-refractivity contribution in [3.8, 4) is 5.75 Å². The number of nitrogens with two attached hydrogens (primary N) is 1. The zero-order valence-corrected chi connectivity index (χ0v) is 25.9. The molecule has 1 atom stereocenters. The predicted octanol–water partition coefficient (Wildman–Crippen LogP) is 4.89. The van der Waals surface area contributed by atoms with Crippen molar-refractivity contribution in [3.05, 3.63) is 92.9 Å². The van der Waals surface area contributed by atoms with E-state index in [-0.39, 0.29) is 40.5 Å². The first-order valence-corrected chi connectivity index (χ1v) is 15.7. The summed E-state index contributed by atoms with van der Waals surface area (Å²) in [6.07, 6.45) is 0.894. The number of para-hydroxylation sites is 1. The molecule has 4 aromatic rings. The summed E-state index contributed by atoms with van der Waals surface area (Å²) in [5.74, 6) is 0.624. The molecular formula is C30H30Cl2N6O4S. The molecule has 5 rings (SSSR count). The quantitative estimate of drug-likeness (QED) is 0.174. The molecule has 1 aliphatic rings. The van der Waals surface area contributed by atoms with Crippen LogP contribution in [0.1, 0.15) is 41.1 Å².